The van der Waals surface area contributed by atoms with Gasteiger partial charge in [-0.3, -0.25) is 19.3 Å². The van der Waals surface area contributed by atoms with Crippen LogP contribution in [-0.4, -0.2) is 53.8 Å². The fourth-order valence-corrected chi connectivity index (χ4v) is 4.75. The van der Waals surface area contributed by atoms with Gasteiger partial charge >= 0.3 is 11.9 Å². The molecule has 1 aliphatic rings. The fourth-order valence-electron chi connectivity index (χ4n) is 3.74. The van der Waals surface area contributed by atoms with Crippen LogP contribution in [0.5, 0.6) is 0 Å². The maximum atomic E-state index is 13.2. The normalized spacial score (nSPS) is 13.4. The summed E-state index contributed by atoms with van der Waals surface area (Å²) in [5.41, 5.74) is 0.121. The molecule has 1 heterocycles. The maximum absolute atomic E-state index is 13.2. The molecule has 13 heteroatoms. The van der Waals surface area contributed by atoms with E-state index >= 15 is 0 Å². The highest BCUT2D eigenvalue weighted by atomic mass is 35.5. The minimum absolute atomic E-state index is 0.0396. The average Bonchev–Trinajstić information content (AvgIpc) is 3.13. The van der Waals surface area contributed by atoms with E-state index in [0.29, 0.717) is 16.2 Å². The van der Waals surface area contributed by atoms with Gasteiger partial charge in [-0.2, -0.15) is 0 Å². The van der Waals surface area contributed by atoms with Gasteiger partial charge in [-0.1, -0.05) is 60.3 Å². The minimum atomic E-state index is -1.37. The molecule has 0 unspecified atom stereocenters. The van der Waals surface area contributed by atoms with Gasteiger partial charge in [-0.25, -0.2) is 9.59 Å². The number of nitrogens with one attached hydrogen (secondary N) is 1. The summed E-state index contributed by atoms with van der Waals surface area (Å²) in [6, 6.07) is 4.53. The van der Waals surface area contributed by atoms with Crippen molar-refractivity contribution in [3.05, 3.63) is 61.0 Å². The molecule has 38 heavy (non-hydrogen) atoms. The Balaban J connectivity index is 1.74. The third-order valence-electron chi connectivity index (χ3n) is 5.44. The number of hydrogen-bond acceptors (Lipinski definition) is 7. The molecule has 9 nitrogen and oxygen atoms in total. The van der Waals surface area contributed by atoms with Crippen molar-refractivity contribution in [2.45, 2.75) is 33.2 Å². The van der Waals surface area contributed by atoms with Gasteiger partial charge in [0.2, 0.25) is 0 Å². The Hall–Kier alpha value is -2.85. The van der Waals surface area contributed by atoms with E-state index in [4.69, 9.17) is 55.9 Å². The molecule has 0 radical (unpaired) electrons. The first kappa shape index (κ1) is 29.7. The molecule has 0 saturated heterocycles. The summed E-state index contributed by atoms with van der Waals surface area (Å²) in [4.78, 5) is 64.3. The fraction of sp³-hybridized carbons (Fsp3) is 0.320. The SMILES string of the molecule is CCOC(=O)c1ccc(NC(=O)COC(=O)[C@@H](CC(C)C)N2C(=O)c3c(Cl)c(Cl)c(Cl)c(Cl)c3C2=O)cc1. The van der Waals surface area contributed by atoms with Crippen LogP contribution in [-0.2, 0) is 19.1 Å². The standard InChI is InChI=1S/C25H22Cl4N2O7/c1-4-37-24(35)12-5-7-13(8-6-12)30-15(32)10-38-25(36)14(9-11(2)3)31-22(33)16-17(23(31)34)19(27)21(29)20(28)18(16)26/h5-8,11,14H,4,9-10H2,1-3H3,(H,30,32)/t14-/m1/s1. The smallest absolute Gasteiger partial charge is 0.338 e. The first-order chi connectivity index (χ1) is 17.9. The summed E-state index contributed by atoms with van der Waals surface area (Å²) in [5, 5.41) is 1.60. The van der Waals surface area contributed by atoms with Crippen LogP contribution in [0.25, 0.3) is 0 Å². The summed E-state index contributed by atoms with van der Waals surface area (Å²) in [5.74, 6) is -4.09. The first-order valence-electron chi connectivity index (χ1n) is 11.4. The van der Waals surface area contributed by atoms with Gasteiger partial charge in [-0.15, -0.1) is 0 Å². The third kappa shape index (κ3) is 6.07. The number of carbonyl (C=O) groups is 5. The van der Waals surface area contributed by atoms with Crippen molar-refractivity contribution >= 4 is 81.8 Å². The van der Waals surface area contributed by atoms with Gasteiger partial charge in [0.15, 0.2) is 6.61 Å². The van der Waals surface area contributed by atoms with Crippen molar-refractivity contribution in [3.8, 4) is 0 Å². The molecule has 3 rings (SSSR count). The number of hydrogen-bond donors (Lipinski definition) is 1. The van der Waals surface area contributed by atoms with Crippen LogP contribution in [0.2, 0.25) is 20.1 Å². The van der Waals surface area contributed by atoms with Crippen molar-refractivity contribution in [3.63, 3.8) is 0 Å². The van der Waals surface area contributed by atoms with E-state index < -0.39 is 42.3 Å². The molecular weight excluding hydrogens is 582 g/mol. The van der Waals surface area contributed by atoms with Gasteiger partial charge in [-0.05, 0) is 43.5 Å². The molecular formula is C25H22Cl4N2O7. The molecule has 0 fully saturated rings. The number of rotatable bonds is 9. The maximum Gasteiger partial charge on any atom is 0.338 e. The molecule has 202 valence electrons. The quantitative estimate of drug-likeness (QED) is 0.170. The van der Waals surface area contributed by atoms with Gasteiger partial charge in [0.1, 0.15) is 6.04 Å². The molecule has 1 N–H and O–H groups in total. The second-order valence-electron chi connectivity index (χ2n) is 8.59. The van der Waals surface area contributed by atoms with E-state index in [1.165, 1.54) is 24.3 Å². The molecule has 1 atom stereocenters. The molecule has 0 aromatic heterocycles. The van der Waals surface area contributed by atoms with Crippen molar-refractivity contribution in [1.82, 2.24) is 4.90 Å². The second-order valence-corrected chi connectivity index (χ2v) is 10.1. The van der Waals surface area contributed by atoms with Crippen molar-refractivity contribution in [2.24, 2.45) is 5.92 Å². The Morgan fingerprint density at radius 2 is 1.39 bits per heavy atom. The van der Waals surface area contributed by atoms with E-state index in [-0.39, 0.29) is 50.2 Å². The van der Waals surface area contributed by atoms with Crippen molar-refractivity contribution in [1.29, 1.82) is 0 Å². The largest absolute Gasteiger partial charge is 0.462 e. The van der Waals surface area contributed by atoms with Crippen LogP contribution in [0.15, 0.2) is 24.3 Å². The van der Waals surface area contributed by atoms with Crippen LogP contribution in [0, 0.1) is 5.92 Å². The van der Waals surface area contributed by atoms with Gasteiger partial charge in [0.25, 0.3) is 17.7 Å². The highest BCUT2D eigenvalue weighted by Crippen LogP contribution is 2.45. The van der Waals surface area contributed by atoms with Crippen LogP contribution >= 0.6 is 46.4 Å². The zero-order chi connectivity index (χ0) is 28.3. The lowest BCUT2D eigenvalue weighted by Gasteiger charge is -2.26. The summed E-state index contributed by atoms with van der Waals surface area (Å²) in [6.07, 6.45) is 0.0396. The number of amides is 3. The van der Waals surface area contributed by atoms with Crippen molar-refractivity contribution < 1.29 is 33.4 Å². The van der Waals surface area contributed by atoms with E-state index in [0.717, 1.165) is 0 Å². The van der Waals surface area contributed by atoms with E-state index in [1.807, 2.05) is 0 Å². The molecule has 1 aliphatic heterocycles. The topological polar surface area (TPSA) is 119 Å². The summed E-state index contributed by atoms with van der Waals surface area (Å²) in [7, 11) is 0. The van der Waals surface area contributed by atoms with Crippen molar-refractivity contribution in [2.75, 3.05) is 18.5 Å². The highest BCUT2D eigenvalue weighted by molar-refractivity contribution is 6.55. The minimum Gasteiger partial charge on any atom is -0.462 e. The third-order valence-corrected chi connectivity index (χ3v) is 7.24. The predicted octanol–water partition coefficient (Wildman–Crippen LogP) is 5.67. The Kier molecular flexibility index (Phi) is 9.64. The zero-order valence-corrected chi connectivity index (χ0v) is 23.4. The number of ether oxygens (including phenoxy) is 2. The number of carbonyl (C=O) groups excluding carboxylic acids is 5. The average molecular weight is 604 g/mol. The molecule has 0 bridgehead atoms. The van der Waals surface area contributed by atoms with Crippen LogP contribution in [0.4, 0.5) is 5.69 Å². The molecule has 3 amide bonds. The predicted molar refractivity (Wildman–Crippen MR) is 142 cm³/mol. The van der Waals surface area contributed by atoms with E-state index in [1.54, 1.807) is 20.8 Å². The lowest BCUT2D eigenvalue weighted by Crippen LogP contribution is -2.47. The lowest BCUT2D eigenvalue weighted by atomic mass is 10.0. The Bertz CT molecular complexity index is 1270. The highest BCUT2D eigenvalue weighted by Gasteiger charge is 2.47. The van der Waals surface area contributed by atoms with Gasteiger partial charge in [0, 0.05) is 5.69 Å². The number of nitrogens with zero attached hydrogens (tertiary/aromatic N) is 1. The monoisotopic (exact) mass is 602 g/mol. The second kappa shape index (κ2) is 12.3. The molecule has 0 spiro atoms. The number of fused-ring (bicyclic) bond motifs is 1. The summed E-state index contributed by atoms with van der Waals surface area (Å²) < 4.78 is 10.1. The van der Waals surface area contributed by atoms with Crippen LogP contribution in [0.3, 0.4) is 0 Å². The summed E-state index contributed by atoms with van der Waals surface area (Å²) in [6.45, 7) is 4.76. The van der Waals surface area contributed by atoms with Gasteiger partial charge < -0.3 is 14.8 Å². The number of anilines is 1. The molecule has 0 aliphatic carbocycles. The molecule has 2 aromatic rings. The number of imide groups is 1. The Morgan fingerprint density at radius 1 is 0.868 bits per heavy atom. The Morgan fingerprint density at radius 3 is 1.87 bits per heavy atom. The van der Waals surface area contributed by atoms with Crippen LogP contribution in [0.1, 0.15) is 58.3 Å². The molecule has 0 saturated carbocycles. The lowest BCUT2D eigenvalue weighted by molar-refractivity contribution is -0.151. The molecule has 2 aromatic carbocycles. The number of benzene rings is 2. The van der Waals surface area contributed by atoms with Crippen LogP contribution < -0.4 is 5.32 Å². The number of halogens is 4. The Labute approximate surface area is 238 Å². The number of esters is 2. The van der Waals surface area contributed by atoms with E-state index in [2.05, 4.69) is 5.32 Å². The zero-order valence-electron chi connectivity index (χ0n) is 20.4. The van der Waals surface area contributed by atoms with Gasteiger partial charge in [0.05, 0.1) is 43.4 Å². The first-order valence-corrected chi connectivity index (χ1v) is 12.9. The van der Waals surface area contributed by atoms with E-state index in [9.17, 15) is 24.0 Å². The summed E-state index contributed by atoms with van der Waals surface area (Å²) >= 11 is 24.5.